The third-order valence-corrected chi connectivity index (χ3v) is 4.25. The van der Waals surface area contributed by atoms with E-state index in [0.29, 0.717) is 12.2 Å². The van der Waals surface area contributed by atoms with E-state index in [2.05, 4.69) is 21.7 Å². The smallest absolute Gasteiger partial charge is 0.103 e. The monoisotopic (exact) mass is 296 g/mol. The molecule has 0 spiro atoms. The van der Waals surface area contributed by atoms with Crippen LogP contribution in [0, 0.1) is 11.3 Å². The highest BCUT2D eigenvalue weighted by Gasteiger charge is 2.33. The van der Waals surface area contributed by atoms with Crippen molar-refractivity contribution in [2.75, 3.05) is 32.1 Å². The summed E-state index contributed by atoms with van der Waals surface area (Å²) in [6, 6.07) is 10.1. The summed E-state index contributed by atoms with van der Waals surface area (Å²) >= 11 is 0. The molecule has 2 N–H and O–H groups in total. The molecule has 1 aromatic heterocycles. The van der Waals surface area contributed by atoms with Gasteiger partial charge in [-0.1, -0.05) is 18.2 Å². The summed E-state index contributed by atoms with van der Waals surface area (Å²) < 4.78 is 5.38. The number of aromatic nitrogens is 1. The summed E-state index contributed by atoms with van der Waals surface area (Å²) in [4.78, 5) is 4.34. The molecule has 1 aliphatic rings. The normalized spacial score (nSPS) is 20.9. The van der Waals surface area contributed by atoms with Gasteiger partial charge in [0.25, 0.3) is 0 Å². The number of benzene rings is 1. The molecule has 2 heterocycles. The number of methoxy groups -OCH3 is 1. The van der Waals surface area contributed by atoms with Gasteiger partial charge >= 0.3 is 0 Å². The van der Waals surface area contributed by atoms with Crippen molar-refractivity contribution < 1.29 is 4.74 Å². The van der Waals surface area contributed by atoms with Gasteiger partial charge < -0.3 is 15.4 Å². The van der Waals surface area contributed by atoms with Crippen LogP contribution in [0.1, 0.15) is 18.4 Å². The topological polar surface area (TPSA) is 70.0 Å². The second kappa shape index (κ2) is 6.30. The number of nitrogens with one attached hydrogen (secondary N) is 2. The van der Waals surface area contributed by atoms with Gasteiger partial charge in [-0.15, -0.1) is 0 Å². The molecule has 0 bridgehead atoms. The van der Waals surface area contributed by atoms with E-state index in [9.17, 15) is 5.26 Å². The number of fused-ring (bicyclic) bond motifs is 1. The van der Waals surface area contributed by atoms with Crippen molar-refractivity contribution in [2.24, 2.45) is 0 Å². The predicted molar refractivity (Wildman–Crippen MR) is 86.8 cm³/mol. The Hall–Kier alpha value is -2.16. The lowest BCUT2D eigenvalue weighted by Gasteiger charge is -2.29. The molecule has 0 radical (unpaired) electrons. The average molecular weight is 296 g/mol. The molecule has 1 unspecified atom stereocenters. The lowest BCUT2D eigenvalue weighted by atomic mass is 9.98. The predicted octanol–water partition coefficient (Wildman–Crippen LogP) is 2.29. The number of para-hydroxylation sites is 1. The molecular weight excluding hydrogens is 276 g/mol. The maximum Gasteiger partial charge on any atom is 0.103 e. The largest absolute Gasteiger partial charge is 0.383 e. The van der Waals surface area contributed by atoms with E-state index in [1.165, 1.54) is 0 Å². The minimum absolute atomic E-state index is 0.0636. The van der Waals surface area contributed by atoms with Crippen molar-refractivity contribution in [1.82, 2.24) is 10.3 Å². The number of nitriles is 1. The number of ether oxygens (including phenoxy) is 1. The zero-order chi connectivity index (χ0) is 15.4. The first-order valence-electron chi connectivity index (χ1n) is 7.54. The van der Waals surface area contributed by atoms with Gasteiger partial charge in [0.2, 0.25) is 0 Å². The van der Waals surface area contributed by atoms with Crippen molar-refractivity contribution in [3.05, 3.63) is 36.0 Å². The van der Waals surface area contributed by atoms with E-state index in [-0.39, 0.29) is 5.54 Å². The Bertz CT molecular complexity index is 701. The van der Waals surface area contributed by atoms with Gasteiger partial charge in [0.05, 0.1) is 28.9 Å². The highest BCUT2D eigenvalue weighted by Crippen LogP contribution is 2.27. The summed E-state index contributed by atoms with van der Waals surface area (Å²) in [6.45, 7) is 2.39. The van der Waals surface area contributed by atoms with E-state index in [1.807, 2.05) is 24.3 Å². The Kier molecular flexibility index (Phi) is 4.23. The van der Waals surface area contributed by atoms with Crippen molar-refractivity contribution in [2.45, 2.75) is 18.4 Å². The second-order valence-corrected chi connectivity index (χ2v) is 5.77. The second-order valence-electron chi connectivity index (χ2n) is 5.77. The van der Waals surface area contributed by atoms with E-state index in [0.717, 1.165) is 42.5 Å². The lowest BCUT2D eigenvalue weighted by Crippen LogP contribution is -2.49. The van der Waals surface area contributed by atoms with Gasteiger partial charge in [0, 0.05) is 25.2 Å². The summed E-state index contributed by atoms with van der Waals surface area (Å²) in [6.07, 6.45) is 3.85. The molecule has 3 rings (SSSR count). The van der Waals surface area contributed by atoms with E-state index in [4.69, 9.17) is 4.74 Å². The van der Waals surface area contributed by atoms with Gasteiger partial charge in [0.1, 0.15) is 6.07 Å². The van der Waals surface area contributed by atoms with Crippen LogP contribution in [0.2, 0.25) is 0 Å². The number of anilines is 1. The molecule has 2 aromatic rings. The van der Waals surface area contributed by atoms with Gasteiger partial charge in [-0.2, -0.15) is 5.26 Å². The third kappa shape index (κ3) is 2.76. The molecule has 1 aliphatic heterocycles. The number of pyridine rings is 1. The number of hydrogen-bond donors (Lipinski definition) is 2. The molecule has 1 atom stereocenters. The van der Waals surface area contributed by atoms with Gasteiger partial charge in [-0.25, -0.2) is 0 Å². The highest BCUT2D eigenvalue weighted by molar-refractivity contribution is 5.93. The number of hydrogen-bond acceptors (Lipinski definition) is 5. The maximum absolute atomic E-state index is 9.37. The molecular formula is C17H20N4O. The number of nitrogens with zero attached hydrogens (tertiary/aromatic N) is 2. The van der Waals surface area contributed by atoms with Crippen LogP contribution in [-0.2, 0) is 4.74 Å². The van der Waals surface area contributed by atoms with Gasteiger partial charge in [0.15, 0.2) is 0 Å². The van der Waals surface area contributed by atoms with Crippen LogP contribution in [0.4, 0.5) is 5.69 Å². The van der Waals surface area contributed by atoms with E-state index in [1.54, 1.807) is 13.3 Å². The summed E-state index contributed by atoms with van der Waals surface area (Å²) in [5, 5.41) is 17.4. The lowest BCUT2D eigenvalue weighted by molar-refractivity contribution is 0.127. The Morgan fingerprint density at radius 2 is 2.32 bits per heavy atom. The fourth-order valence-electron chi connectivity index (χ4n) is 3.14. The number of rotatable bonds is 5. The van der Waals surface area contributed by atoms with Crippen LogP contribution in [0.25, 0.3) is 10.9 Å². The first-order valence-corrected chi connectivity index (χ1v) is 7.54. The standard InChI is InChI=1S/C17H20N4O/c1-22-12-17(7-4-8-21-17)11-20-16-13(9-18)10-19-15-6-3-2-5-14(15)16/h2-3,5-6,10,21H,4,7-8,11-12H2,1H3,(H,19,20). The fourth-order valence-corrected chi connectivity index (χ4v) is 3.14. The van der Waals surface area contributed by atoms with Crippen LogP contribution in [-0.4, -0.2) is 37.3 Å². The molecule has 0 aliphatic carbocycles. The van der Waals surface area contributed by atoms with E-state index >= 15 is 0 Å². The highest BCUT2D eigenvalue weighted by atomic mass is 16.5. The van der Waals surface area contributed by atoms with E-state index < -0.39 is 0 Å². The van der Waals surface area contributed by atoms with Crippen LogP contribution in [0.5, 0.6) is 0 Å². The zero-order valence-electron chi connectivity index (χ0n) is 12.7. The Morgan fingerprint density at radius 1 is 1.45 bits per heavy atom. The fraction of sp³-hybridized carbons (Fsp3) is 0.412. The van der Waals surface area contributed by atoms with Gasteiger partial charge in [-0.3, -0.25) is 4.98 Å². The third-order valence-electron chi connectivity index (χ3n) is 4.25. The Morgan fingerprint density at radius 3 is 3.05 bits per heavy atom. The van der Waals surface area contributed by atoms with Crippen molar-refractivity contribution in [1.29, 1.82) is 5.26 Å². The van der Waals surface area contributed by atoms with Crippen LogP contribution in [0.3, 0.4) is 0 Å². The zero-order valence-corrected chi connectivity index (χ0v) is 12.7. The average Bonchev–Trinajstić information content (AvgIpc) is 3.01. The minimum atomic E-state index is -0.0636. The molecule has 0 amide bonds. The Balaban J connectivity index is 1.91. The van der Waals surface area contributed by atoms with Crippen molar-refractivity contribution in [3.8, 4) is 6.07 Å². The first kappa shape index (κ1) is 14.8. The molecule has 1 aromatic carbocycles. The Labute approximate surface area is 130 Å². The molecule has 22 heavy (non-hydrogen) atoms. The molecule has 0 saturated carbocycles. The van der Waals surface area contributed by atoms with Crippen LogP contribution in [0.15, 0.2) is 30.5 Å². The van der Waals surface area contributed by atoms with Crippen molar-refractivity contribution in [3.63, 3.8) is 0 Å². The van der Waals surface area contributed by atoms with Gasteiger partial charge in [-0.05, 0) is 25.5 Å². The van der Waals surface area contributed by atoms with Crippen molar-refractivity contribution >= 4 is 16.6 Å². The minimum Gasteiger partial charge on any atom is -0.383 e. The summed E-state index contributed by atoms with van der Waals surface area (Å²) in [5.74, 6) is 0. The van der Waals surface area contributed by atoms with Crippen LogP contribution >= 0.6 is 0 Å². The summed E-state index contributed by atoms with van der Waals surface area (Å²) in [7, 11) is 1.73. The van der Waals surface area contributed by atoms with Crippen LogP contribution < -0.4 is 10.6 Å². The molecule has 5 heteroatoms. The molecule has 5 nitrogen and oxygen atoms in total. The molecule has 1 saturated heterocycles. The quantitative estimate of drug-likeness (QED) is 0.886. The summed E-state index contributed by atoms with van der Waals surface area (Å²) in [5.41, 5.74) is 2.26. The SMILES string of the molecule is COCC1(CNc2c(C#N)cnc3ccccc23)CCCN1. The maximum atomic E-state index is 9.37. The molecule has 1 fully saturated rings. The first-order chi connectivity index (χ1) is 10.8. The molecule has 114 valence electrons.